The predicted molar refractivity (Wildman–Crippen MR) is 93.1 cm³/mol. The van der Waals surface area contributed by atoms with Crippen LogP contribution in [0.1, 0.15) is 74.7 Å². The van der Waals surface area contributed by atoms with Crippen molar-refractivity contribution in [3.8, 4) is 0 Å². The van der Waals surface area contributed by atoms with Crippen LogP contribution in [0, 0.1) is 35.5 Å². The maximum Gasteiger partial charge on any atom is -0.00231 e. The summed E-state index contributed by atoms with van der Waals surface area (Å²) in [6, 6.07) is 0. The summed E-state index contributed by atoms with van der Waals surface area (Å²) >= 11 is 0. The van der Waals surface area contributed by atoms with Crippen molar-refractivity contribution in [1.82, 2.24) is 5.32 Å². The minimum absolute atomic E-state index is 0.801. The molecule has 3 atom stereocenters. The zero-order valence-corrected chi connectivity index (χ0v) is 15.5. The number of rotatable bonds is 11. The Balaban J connectivity index is 3.82. The van der Waals surface area contributed by atoms with Gasteiger partial charge >= 0.3 is 0 Å². The van der Waals surface area contributed by atoms with Crippen LogP contribution in [-0.2, 0) is 0 Å². The molecule has 122 valence electrons. The molecule has 20 heavy (non-hydrogen) atoms. The Labute approximate surface area is 129 Å². The maximum absolute atomic E-state index is 3.69. The lowest BCUT2D eigenvalue weighted by molar-refractivity contribution is 0.286. The summed E-state index contributed by atoms with van der Waals surface area (Å²) < 4.78 is 0. The van der Waals surface area contributed by atoms with Crippen molar-refractivity contribution in [2.75, 3.05) is 13.1 Å². The Morgan fingerprint density at radius 1 is 0.750 bits per heavy atom. The molecule has 0 saturated heterocycles. The van der Waals surface area contributed by atoms with Gasteiger partial charge in [0.2, 0.25) is 0 Å². The molecule has 1 nitrogen and oxygen atoms in total. The quantitative estimate of drug-likeness (QED) is 0.486. The summed E-state index contributed by atoms with van der Waals surface area (Å²) in [7, 11) is 0. The molecule has 1 N–H and O–H groups in total. The normalized spacial score (nSPS) is 16.9. The Morgan fingerprint density at radius 3 is 1.80 bits per heavy atom. The molecule has 0 saturated carbocycles. The van der Waals surface area contributed by atoms with Crippen LogP contribution in [0.15, 0.2) is 0 Å². The van der Waals surface area contributed by atoms with Gasteiger partial charge in [-0.2, -0.15) is 0 Å². The van der Waals surface area contributed by atoms with Gasteiger partial charge in [0.1, 0.15) is 0 Å². The summed E-state index contributed by atoms with van der Waals surface area (Å²) in [5.74, 6) is 4.98. The van der Waals surface area contributed by atoms with Gasteiger partial charge in [0.25, 0.3) is 0 Å². The Bertz CT molecular complexity index is 220. The third kappa shape index (κ3) is 9.80. The topological polar surface area (TPSA) is 12.0 Å². The van der Waals surface area contributed by atoms with Crippen LogP contribution in [0.5, 0.6) is 0 Å². The van der Waals surface area contributed by atoms with Crippen LogP contribution < -0.4 is 5.32 Å². The van der Waals surface area contributed by atoms with E-state index < -0.39 is 0 Å². The molecular weight excluding hydrogens is 242 g/mol. The van der Waals surface area contributed by atoms with Gasteiger partial charge in [-0.3, -0.25) is 0 Å². The van der Waals surface area contributed by atoms with Gasteiger partial charge in [-0.1, -0.05) is 55.4 Å². The van der Waals surface area contributed by atoms with Crippen molar-refractivity contribution in [1.29, 1.82) is 0 Å². The van der Waals surface area contributed by atoms with E-state index >= 15 is 0 Å². The van der Waals surface area contributed by atoms with Gasteiger partial charge < -0.3 is 5.32 Å². The molecule has 1 heteroatoms. The molecule has 0 fully saturated rings. The zero-order chi connectivity index (χ0) is 15.7. The van der Waals surface area contributed by atoms with Crippen LogP contribution in [0.2, 0.25) is 0 Å². The number of hydrogen-bond donors (Lipinski definition) is 1. The van der Waals surface area contributed by atoms with Crippen molar-refractivity contribution < 1.29 is 0 Å². The van der Waals surface area contributed by atoms with E-state index in [1.165, 1.54) is 32.4 Å². The first-order valence-corrected chi connectivity index (χ1v) is 8.94. The summed E-state index contributed by atoms with van der Waals surface area (Å²) in [6.45, 7) is 21.3. The van der Waals surface area contributed by atoms with Crippen molar-refractivity contribution in [2.45, 2.75) is 74.7 Å². The van der Waals surface area contributed by atoms with Crippen molar-refractivity contribution in [3.05, 3.63) is 0 Å². The average Bonchev–Trinajstić information content (AvgIpc) is 2.32. The molecule has 0 amide bonds. The Morgan fingerprint density at radius 2 is 1.35 bits per heavy atom. The highest BCUT2D eigenvalue weighted by Crippen LogP contribution is 2.23. The lowest BCUT2D eigenvalue weighted by Gasteiger charge is -2.24. The first-order valence-electron chi connectivity index (χ1n) is 8.94. The van der Waals surface area contributed by atoms with Crippen LogP contribution >= 0.6 is 0 Å². The molecular formula is C19H41N. The fourth-order valence-electron chi connectivity index (χ4n) is 2.95. The Kier molecular flexibility index (Phi) is 10.6. The third-order valence-electron chi connectivity index (χ3n) is 4.81. The predicted octanol–water partition coefficient (Wildman–Crippen LogP) is 5.60. The van der Waals surface area contributed by atoms with Crippen LogP contribution in [0.25, 0.3) is 0 Å². The van der Waals surface area contributed by atoms with Crippen molar-refractivity contribution >= 4 is 0 Å². The second kappa shape index (κ2) is 10.7. The van der Waals surface area contributed by atoms with Gasteiger partial charge in [-0.15, -0.1) is 0 Å². The van der Waals surface area contributed by atoms with E-state index in [0.717, 1.165) is 35.5 Å². The monoisotopic (exact) mass is 283 g/mol. The SMILES string of the molecule is CC(C)CC(CCNC[C@@H](C)C[C@H](C)C(C)C)C(C)C. The second-order valence-electron chi connectivity index (χ2n) is 8.19. The molecule has 0 aromatic heterocycles. The molecule has 0 bridgehead atoms. The average molecular weight is 284 g/mol. The molecule has 0 spiro atoms. The third-order valence-corrected chi connectivity index (χ3v) is 4.81. The fraction of sp³-hybridized carbons (Fsp3) is 1.00. The minimum atomic E-state index is 0.801. The molecule has 0 aliphatic carbocycles. The maximum atomic E-state index is 3.69. The van der Waals surface area contributed by atoms with E-state index in [0.29, 0.717) is 0 Å². The second-order valence-corrected chi connectivity index (χ2v) is 8.19. The molecule has 0 radical (unpaired) electrons. The smallest absolute Gasteiger partial charge is 0.00231 e. The number of nitrogens with one attached hydrogen (secondary N) is 1. The summed E-state index contributed by atoms with van der Waals surface area (Å²) in [4.78, 5) is 0. The Hall–Kier alpha value is -0.0400. The van der Waals surface area contributed by atoms with E-state index in [9.17, 15) is 0 Å². The molecule has 1 unspecified atom stereocenters. The van der Waals surface area contributed by atoms with Gasteiger partial charge in [0.05, 0.1) is 0 Å². The highest BCUT2D eigenvalue weighted by Gasteiger charge is 2.15. The molecule has 0 aliphatic rings. The molecule has 0 aliphatic heterocycles. The van der Waals surface area contributed by atoms with E-state index in [1.54, 1.807) is 0 Å². The highest BCUT2D eigenvalue weighted by atomic mass is 14.9. The van der Waals surface area contributed by atoms with E-state index in [4.69, 9.17) is 0 Å². The van der Waals surface area contributed by atoms with E-state index in [2.05, 4.69) is 60.7 Å². The lowest BCUT2D eigenvalue weighted by Crippen LogP contribution is -2.26. The van der Waals surface area contributed by atoms with Crippen molar-refractivity contribution in [2.24, 2.45) is 35.5 Å². The van der Waals surface area contributed by atoms with Gasteiger partial charge in [-0.05, 0) is 67.9 Å². The van der Waals surface area contributed by atoms with Crippen LogP contribution in [-0.4, -0.2) is 13.1 Å². The lowest BCUT2D eigenvalue weighted by atomic mass is 9.85. The fourth-order valence-corrected chi connectivity index (χ4v) is 2.95. The van der Waals surface area contributed by atoms with Gasteiger partial charge in [-0.25, -0.2) is 0 Å². The summed E-state index contributed by atoms with van der Waals surface area (Å²) in [5.41, 5.74) is 0. The van der Waals surface area contributed by atoms with Gasteiger partial charge in [0, 0.05) is 0 Å². The van der Waals surface area contributed by atoms with Crippen LogP contribution in [0.3, 0.4) is 0 Å². The first kappa shape index (κ1) is 20.0. The van der Waals surface area contributed by atoms with Crippen molar-refractivity contribution in [3.63, 3.8) is 0 Å². The van der Waals surface area contributed by atoms with Crippen LogP contribution in [0.4, 0.5) is 0 Å². The molecule has 0 rings (SSSR count). The zero-order valence-electron chi connectivity index (χ0n) is 15.5. The minimum Gasteiger partial charge on any atom is -0.316 e. The molecule has 0 aromatic carbocycles. The largest absolute Gasteiger partial charge is 0.316 e. The first-order chi connectivity index (χ1) is 9.23. The summed E-state index contributed by atoms with van der Waals surface area (Å²) in [6.07, 6.45) is 4.06. The van der Waals surface area contributed by atoms with E-state index in [-0.39, 0.29) is 0 Å². The van der Waals surface area contributed by atoms with E-state index in [1.807, 2.05) is 0 Å². The molecule has 0 aromatic rings. The number of hydrogen-bond acceptors (Lipinski definition) is 1. The van der Waals surface area contributed by atoms with Gasteiger partial charge in [0.15, 0.2) is 0 Å². The standard InChI is InChI=1S/C19H41N/c1-14(2)11-19(16(5)6)9-10-20-13-17(7)12-18(8)15(3)4/h14-20H,9-13H2,1-8H3/t17-,18-,19?/m0/s1. The highest BCUT2D eigenvalue weighted by molar-refractivity contribution is 4.68. The summed E-state index contributed by atoms with van der Waals surface area (Å²) in [5, 5.41) is 3.69. The molecule has 0 heterocycles.